The Balaban J connectivity index is 0.00000364. The lowest BCUT2D eigenvalue weighted by molar-refractivity contribution is 0.280. The number of nitrogens with zero attached hydrogens (tertiary/aromatic N) is 2. The molecule has 6 nitrogen and oxygen atoms in total. The molecule has 0 atom stereocenters. The lowest BCUT2D eigenvalue weighted by atomic mass is 9.98. The minimum Gasteiger partial charge on any atom is -0.357 e. The molecular weight excluding hydrogens is 499 g/mol. The summed E-state index contributed by atoms with van der Waals surface area (Å²) in [5.41, 5.74) is 1.12. The fourth-order valence-corrected chi connectivity index (χ4v) is 4.11. The summed E-state index contributed by atoms with van der Waals surface area (Å²) >= 11 is 6.19. The highest BCUT2D eigenvalue weighted by atomic mass is 127. The lowest BCUT2D eigenvalue weighted by Crippen LogP contribution is -2.40. The largest absolute Gasteiger partial charge is 0.357 e. The number of rotatable bonds is 7. The number of hydrogen-bond donors (Lipinski definition) is 2. The van der Waals surface area contributed by atoms with Crippen molar-refractivity contribution in [3.8, 4) is 0 Å². The van der Waals surface area contributed by atoms with Crippen LogP contribution in [-0.2, 0) is 16.4 Å². The third kappa shape index (κ3) is 8.53. The lowest BCUT2D eigenvalue weighted by Gasteiger charge is -2.29. The molecule has 9 heteroatoms. The van der Waals surface area contributed by atoms with Gasteiger partial charge in [0.25, 0.3) is 0 Å². The molecule has 154 valence electrons. The van der Waals surface area contributed by atoms with Crippen molar-refractivity contribution in [3.05, 3.63) is 34.9 Å². The molecule has 0 saturated carbocycles. The second-order valence-corrected chi connectivity index (χ2v) is 8.98. The van der Waals surface area contributed by atoms with Gasteiger partial charge in [0.1, 0.15) is 0 Å². The summed E-state index contributed by atoms with van der Waals surface area (Å²) in [7, 11) is -3.07. The number of aliphatic imine (C=N–C) groups is 1. The molecule has 0 aliphatic carbocycles. The van der Waals surface area contributed by atoms with Gasteiger partial charge in [0.2, 0.25) is 10.0 Å². The zero-order chi connectivity index (χ0) is 19.0. The van der Waals surface area contributed by atoms with Gasteiger partial charge in [-0.25, -0.2) is 12.7 Å². The summed E-state index contributed by atoms with van der Waals surface area (Å²) in [4.78, 5) is 4.67. The van der Waals surface area contributed by atoms with Crippen LogP contribution in [0.5, 0.6) is 0 Å². The van der Waals surface area contributed by atoms with Crippen LogP contribution in [0.2, 0.25) is 5.02 Å². The predicted octanol–water partition coefficient (Wildman–Crippen LogP) is 2.73. The Morgan fingerprint density at radius 3 is 2.52 bits per heavy atom. The van der Waals surface area contributed by atoms with Crippen LogP contribution in [0.15, 0.2) is 29.3 Å². The fraction of sp³-hybridized carbons (Fsp3) is 0.611. The van der Waals surface area contributed by atoms with Gasteiger partial charge >= 0.3 is 0 Å². The van der Waals surface area contributed by atoms with Crippen LogP contribution >= 0.6 is 35.6 Å². The number of guanidine groups is 1. The number of piperidine rings is 1. The monoisotopic (exact) mass is 528 g/mol. The van der Waals surface area contributed by atoms with Crippen LogP contribution in [0, 0.1) is 5.92 Å². The van der Waals surface area contributed by atoms with E-state index in [1.165, 1.54) is 6.26 Å². The first-order chi connectivity index (χ1) is 12.4. The van der Waals surface area contributed by atoms with Crippen molar-refractivity contribution in [2.24, 2.45) is 10.9 Å². The van der Waals surface area contributed by atoms with E-state index in [0.29, 0.717) is 25.6 Å². The topological polar surface area (TPSA) is 73.8 Å². The van der Waals surface area contributed by atoms with Crippen LogP contribution in [0.25, 0.3) is 0 Å². The minimum atomic E-state index is -3.07. The van der Waals surface area contributed by atoms with Gasteiger partial charge in [0.15, 0.2) is 5.96 Å². The van der Waals surface area contributed by atoms with E-state index >= 15 is 0 Å². The van der Waals surface area contributed by atoms with Crippen molar-refractivity contribution in [3.63, 3.8) is 0 Å². The van der Waals surface area contributed by atoms with Gasteiger partial charge < -0.3 is 10.6 Å². The number of sulfonamides is 1. The van der Waals surface area contributed by atoms with Gasteiger partial charge in [-0.1, -0.05) is 29.8 Å². The van der Waals surface area contributed by atoms with Crippen molar-refractivity contribution < 1.29 is 8.42 Å². The summed E-state index contributed by atoms with van der Waals surface area (Å²) in [5, 5.41) is 7.38. The molecule has 2 N–H and O–H groups in total. The SMILES string of the molecule is CCNC(=NCC1CCN(S(C)(=O)=O)CC1)NCCc1ccccc1Cl.I. The Hall–Kier alpha value is -0.580. The van der Waals surface area contributed by atoms with E-state index in [9.17, 15) is 8.42 Å². The molecule has 1 aliphatic rings. The Bertz CT molecular complexity index is 707. The number of hydrogen-bond acceptors (Lipinski definition) is 3. The van der Waals surface area contributed by atoms with E-state index in [-0.39, 0.29) is 24.0 Å². The normalized spacial score (nSPS) is 16.6. The van der Waals surface area contributed by atoms with E-state index in [4.69, 9.17) is 11.6 Å². The highest BCUT2D eigenvalue weighted by Gasteiger charge is 2.24. The average Bonchev–Trinajstić information content (AvgIpc) is 2.61. The van der Waals surface area contributed by atoms with Crippen LogP contribution in [0.3, 0.4) is 0 Å². The summed E-state index contributed by atoms with van der Waals surface area (Å²) in [6.45, 7) is 5.48. The fourth-order valence-electron chi connectivity index (χ4n) is 3.00. The molecule has 1 aliphatic heterocycles. The molecule has 0 spiro atoms. The highest BCUT2D eigenvalue weighted by Crippen LogP contribution is 2.19. The second-order valence-electron chi connectivity index (χ2n) is 6.59. The summed E-state index contributed by atoms with van der Waals surface area (Å²) in [6, 6.07) is 7.85. The van der Waals surface area contributed by atoms with Crippen LogP contribution < -0.4 is 10.6 Å². The van der Waals surface area contributed by atoms with Crippen molar-refractivity contribution in [2.75, 3.05) is 39.0 Å². The molecule has 0 radical (unpaired) electrons. The molecule has 0 bridgehead atoms. The van der Waals surface area contributed by atoms with Crippen molar-refractivity contribution >= 4 is 51.6 Å². The van der Waals surface area contributed by atoms with Crippen molar-refractivity contribution in [2.45, 2.75) is 26.2 Å². The minimum absolute atomic E-state index is 0. The Kier molecular flexibility index (Phi) is 10.9. The Morgan fingerprint density at radius 1 is 1.26 bits per heavy atom. The molecule has 1 aromatic rings. The first kappa shape index (κ1) is 24.5. The summed E-state index contributed by atoms with van der Waals surface area (Å²) in [5.74, 6) is 1.22. The van der Waals surface area contributed by atoms with Gasteiger partial charge in [-0.2, -0.15) is 0 Å². The van der Waals surface area contributed by atoms with Crippen LogP contribution in [0.1, 0.15) is 25.3 Å². The maximum absolute atomic E-state index is 11.6. The van der Waals surface area contributed by atoms with Gasteiger partial charge in [0.05, 0.1) is 6.26 Å². The zero-order valence-corrected chi connectivity index (χ0v) is 19.9. The molecule has 1 aromatic carbocycles. The zero-order valence-electron chi connectivity index (χ0n) is 15.9. The average molecular weight is 529 g/mol. The van der Waals surface area contributed by atoms with Crippen LogP contribution in [-0.4, -0.2) is 57.7 Å². The molecule has 0 amide bonds. The Labute approximate surface area is 185 Å². The van der Waals surface area contributed by atoms with E-state index in [0.717, 1.165) is 48.9 Å². The van der Waals surface area contributed by atoms with E-state index in [1.54, 1.807) is 4.31 Å². The standard InChI is InChI=1S/C18H29ClN4O2S.HI/c1-3-20-18(21-11-8-16-6-4-5-7-17(16)19)22-14-15-9-12-23(13-10-15)26(2,24)25;/h4-7,15H,3,8-14H2,1-2H3,(H2,20,21,22);1H. The van der Waals surface area contributed by atoms with E-state index in [2.05, 4.69) is 15.6 Å². The van der Waals surface area contributed by atoms with Gasteiger partial charge in [-0.15, -0.1) is 24.0 Å². The van der Waals surface area contributed by atoms with Gasteiger partial charge in [-0.3, -0.25) is 4.99 Å². The molecular formula is C18H30ClIN4O2S. The molecule has 1 saturated heterocycles. The molecule has 1 heterocycles. The molecule has 1 fully saturated rings. The van der Waals surface area contributed by atoms with Gasteiger partial charge in [0, 0.05) is 37.7 Å². The summed E-state index contributed by atoms with van der Waals surface area (Å²) in [6.07, 6.45) is 3.82. The maximum Gasteiger partial charge on any atom is 0.211 e. The predicted molar refractivity (Wildman–Crippen MR) is 124 cm³/mol. The van der Waals surface area contributed by atoms with Crippen molar-refractivity contribution in [1.29, 1.82) is 0 Å². The molecule has 0 aromatic heterocycles. The number of nitrogens with one attached hydrogen (secondary N) is 2. The Morgan fingerprint density at radius 2 is 1.93 bits per heavy atom. The van der Waals surface area contributed by atoms with Gasteiger partial charge in [-0.05, 0) is 43.7 Å². The van der Waals surface area contributed by atoms with E-state index < -0.39 is 10.0 Å². The number of halogens is 2. The first-order valence-corrected chi connectivity index (χ1v) is 11.3. The maximum atomic E-state index is 11.6. The quantitative estimate of drug-likeness (QED) is 0.324. The third-order valence-corrected chi connectivity index (χ3v) is 6.21. The second kappa shape index (κ2) is 12.1. The highest BCUT2D eigenvalue weighted by molar-refractivity contribution is 14.0. The first-order valence-electron chi connectivity index (χ1n) is 9.11. The molecule has 27 heavy (non-hydrogen) atoms. The summed E-state index contributed by atoms with van der Waals surface area (Å²) < 4.78 is 24.7. The van der Waals surface area contributed by atoms with E-state index in [1.807, 2.05) is 31.2 Å². The van der Waals surface area contributed by atoms with Crippen LogP contribution in [0.4, 0.5) is 0 Å². The molecule has 2 rings (SSSR count). The number of benzene rings is 1. The molecule has 0 unspecified atom stereocenters. The third-order valence-electron chi connectivity index (χ3n) is 4.54. The smallest absolute Gasteiger partial charge is 0.211 e. The van der Waals surface area contributed by atoms with Crippen molar-refractivity contribution in [1.82, 2.24) is 14.9 Å².